The second-order valence-corrected chi connectivity index (χ2v) is 7.94. The van der Waals surface area contributed by atoms with Gasteiger partial charge in [-0.05, 0) is 50.1 Å². The Kier molecular flexibility index (Phi) is 8.29. The maximum Gasteiger partial charge on any atom is 0.0914 e. The van der Waals surface area contributed by atoms with E-state index in [1.807, 2.05) is 30.3 Å². The molecule has 0 saturated heterocycles. The van der Waals surface area contributed by atoms with Gasteiger partial charge in [0.2, 0.25) is 0 Å². The maximum absolute atomic E-state index is 11.6. The van der Waals surface area contributed by atoms with Gasteiger partial charge in [-0.2, -0.15) is 0 Å². The summed E-state index contributed by atoms with van der Waals surface area (Å²) in [6, 6.07) is 18.1. The van der Waals surface area contributed by atoms with Gasteiger partial charge in [0.1, 0.15) is 0 Å². The maximum atomic E-state index is 11.6. The predicted molar refractivity (Wildman–Crippen MR) is 110 cm³/mol. The topological polar surface area (TPSA) is 52.6 Å². The van der Waals surface area contributed by atoms with Crippen molar-refractivity contribution in [3.8, 4) is 0 Å². The number of nitrogens with zero attached hydrogens (tertiary/aromatic N) is 1. The number of rotatable bonds is 10. The molecule has 0 aliphatic carbocycles. The average Bonchev–Trinajstić information content (AvgIpc) is 2.67. The number of para-hydroxylation sites is 1. The smallest absolute Gasteiger partial charge is 0.0914 e. The second kappa shape index (κ2) is 10.5. The summed E-state index contributed by atoms with van der Waals surface area (Å²) in [6.07, 6.45) is 2.05. The summed E-state index contributed by atoms with van der Waals surface area (Å²) in [7, 11) is -1.03. The van der Waals surface area contributed by atoms with Crippen molar-refractivity contribution in [2.75, 3.05) is 30.8 Å². The van der Waals surface area contributed by atoms with E-state index in [2.05, 4.69) is 48.3 Å². The first-order chi connectivity index (χ1) is 12.5. The van der Waals surface area contributed by atoms with Crippen molar-refractivity contribution in [1.29, 1.82) is 0 Å². The molecule has 26 heavy (non-hydrogen) atoms. The first kappa shape index (κ1) is 20.6. The van der Waals surface area contributed by atoms with Crippen LogP contribution in [0.1, 0.15) is 31.9 Å². The van der Waals surface area contributed by atoms with E-state index >= 15 is 0 Å². The van der Waals surface area contributed by atoms with Crippen molar-refractivity contribution in [3.63, 3.8) is 0 Å². The largest absolute Gasteiger partial charge is 0.387 e. The zero-order chi connectivity index (χ0) is 18.9. The first-order valence-electron chi connectivity index (χ1n) is 9.16. The van der Waals surface area contributed by atoms with E-state index in [-0.39, 0.29) is 0 Å². The number of benzene rings is 2. The van der Waals surface area contributed by atoms with Crippen LogP contribution in [0.25, 0.3) is 0 Å². The molecule has 2 aromatic carbocycles. The Morgan fingerprint density at radius 2 is 1.88 bits per heavy atom. The quantitative estimate of drug-likeness (QED) is 0.670. The zero-order valence-corrected chi connectivity index (χ0v) is 16.7. The van der Waals surface area contributed by atoms with Crippen LogP contribution in [-0.4, -0.2) is 41.2 Å². The van der Waals surface area contributed by atoms with Gasteiger partial charge in [0.15, 0.2) is 0 Å². The summed E-state index contributed by atoms with van der Waals surface area (Å²) in [4.78, 5) is 3.10. The van der Waals surface area contributed by atoms with Gasteiger partial charge >= 0.3 is 0 Å². The lowest BCUT2D eigenvalue weighted by molar-refractivity contribution is 0.170. The van der Waals surface area contributed by atoms with Gasteiger partial charge in [-0.15, -0.1) is 0 Å². The molecule has 2 rings (SSSR count). The monoisotopic (exact) mass is 374 g/mol. The Morgan fingerprint density at radius 1 is 1.15 bits per heavy atom. The lowest BCUT2D eigenvalue weighted by Crippen LogP contribution is -2.34. The van der Waals surface area contributed by atoms with Crippen LogP contribution in [0.2, 0.25) is 0 Å². The van der Waals surface area contributed by atoms with Gasteiger partial charge in [-0.3, -0.25) is 4.21 Å². The lowest BCUT2D eigenvalue weighted by atomic mass is 10.1. The molecule has 4 nitrogen and oxygen atoms in total. The molecule has 0 fully saturated rings. The van der Waals surface area contributed by atoms with Crippen molar-refractivity contribution in [3.05, 3.63) is 60.2 Å². The van der Waals surface area contributed by atoms with Crippen molar-refractivity contribution in [1.82, 2.24) is 5.32 Å². The summed E-state index contributed by atoms with van der Waals surface area (Å²) >= 11 is 0. The van der Waals surface area contributed by atoms with Crippen molar-refractivity contribution in [2.24, 2.45) is 0 Å². The predicted octanol–water partition coefficient (Wildman–Crippen LogP) is 3.35. The highest BCUT2D eigenvalue weighted by Crippen LogP contribution is 2.17. The van der Waals surface area contributed by atoms with E-state index in [9.17, 15) is 9.32 Å². The number of aliphatic hydroxyl groups is 1. The summed E-state index contributed by atoms with van der Waals surface area (Å²) < 4.78 is 11.6. The van der Waals surface area contributed by atoms with E-state index in [1.54, 1.807) is 6.26 Å². The van der Waals surface area contributed by atoms with E-state index in [4.69, 9.17) is 0 Å². The summed E-state index contributed by atoms with van der Waals surface area (Å²) in [6.45, 7) is 6.73. The standard InChI is InChI=1S/C21H30N2O2S/c1-4-23(19-10-6-5-7-11-19)14-13-17(2)22-16-21(24)18-9-8-12-20(15-18)26(3)25/h5-12,15,17,21-22,24H,4,13-14,16H2,1-3H3. The molecule has 3 unspecified atom stereocenters. The lowest BCUT2D eigenvalue weighted by Gasteiger charge is -2.25. The molecular formula is C21H30N2O2S. The molecule has 0 aliphatic rings. The Balaban J connectivity index is 1.81. The highest BCUT2D eigenvalue weighted by molar-refractivity contribution is 7.84. The number of nitrogens with one attached hydrogen (secondary N) is 1. The second-order valence-electron chi connectivity index (χ2n) is 6.56. The highest BCUT2D eigenvalue weighted by atomic mass is 32.2. The molecule has 0 aliphatic heterocycles. The fraction of sp³-hybridized carbons (Fsp3) is 0.429. The van der Waals surface area contributed by atoms with Crippen LogP contribution >= 0.6 is 0 Å². The molecule has 0 saturated carbocycles. The van der Waals surface area contributed by atoms with E-state index < -0.39 is 16.9 Å². The van der Waals surface area contributed by atoms with Crippen LogP contribution < -0.4 is 10.2 Å². The molecule has 3 atom stereocenters. The Labute approximate surface area is 159 Å². The van der Waals surface area contributed by atoms with E-state index in [1.165, 1.54) is 5.69 Å². The minimum atomic E-state index is -1.03. The molecule has 2 N–H and O–H groups in total. The molecule has 0 bridgehead atoms. The average molecular weight is 375 g/mol. The third kappa shape index (κ3) is 6.24. The zero-order valence-electron chi connectivity index (χ0n) is 15.9. The SMILES string of the molecule is CCN(CCC(C)NCC(O)c1cccc(S(C)=O)c1)c1ccccc1. The molecule has 0 amide bonds. The Morgan fingerprint density at radius 3 is 2.54 bits per heavy atom. The molecule has 0 radical (unpaired) electrons. The number of anilines is 1. The molecular weight excluding hydrogens is 344 g/mol. The van der Waals surface area contributed by atoms with Crippen molar-refractivity contribution in [2.45, 2.75) is 37.3 Å². The molecule has 0 aromatic heterocycles. The molecule has 142 valence electrons. The summed E-state index contributed by atoms with van der Waals surface area (Å²) in [5, 5.41) is 13.8. The van der Waals surface area contributed by atoms with Crippen molar-refractivity contribution >= 4 is 16.5 Å². The van der Waals surface area contributed by atoms with Gasteiger partial charge < -0.3 is 15.3 Å². The molecule has 0 heterocycles. The Hall–Kier alpha value is -1.69. The van der Waals surface area contributed by atoms with Crippen molar-refractivity contribution < 1.29 is 9.32 Å². The van der Waals surface area contributed by atoms with Crippen LogP contribution in [0.15, 0.2) is 59.5 Å². The van der Waals surface area contributed by atoms with Gasteiger partial charge in [-0.25, -0.2) is 0 Å². The fourth-order valence-corrected chi connectivity index (χ4v) is 3.46. The minimum absolute atomic E-state index is 0.297. The molecule has 2 aromatic rings. The van der Waals surface area contributed by atoms with Crippen LogP contribution in [0, 0.1) is 0 Å². The molecule has 0 spiro atoms. The van der Waals surface area contributed by atoms with Gasteiger partial charge in [0, 0.05) is 53.3 Å². The van der Waals surface area contributed by atoms with Crippen LogP contribution in [-0.2, 0) is 10.8 Å². The number of hydrogen-bond acceptors (Lipinski definition) is 4. The van der Waals surface area contributed by atoms with E-state index in [0.29, 0.717) is 12.6 Å². The van der Waals surface area contributed by atoms with Gasteiger partial charge in [-0.1, -0.05) is 30.3 Å². The number of aliphatic hydroxyl groups excluding tert-OH is 1. The van der Waals surface area contributed by atoms with Crippen LogP contribution in [0.3, 0.4) is 0 Å². The first-order valence-corrected chi connectivity index (χ1v) is 10.7. The highest BCUT2D eigenvalue weighted by Gasteiger charge is 2.12. The Bertz CT molecular complexity index is 693. The third-order valence-electron chi connectivity index (χ3n) is 4.57. The van der Waals surface area contributed by atoms with Gasteiger partial charge in [0.25, 0.3) is 0 Å². The normalized spacial score (nSPS) is 14.6. The van der Waals surface area contributed by atoms with E-state index in [0.717, 1.165) is 30.0 Å². The molecule has 5 heteroatoms. The summed E-state index contributed by atoms with van der Waals surface area (Å²) in [5.74, 6) is 0. The van der Waals surface area contributed by atoms with Crippen LogP contribution in [0.4, 0.5) is 5.69 Å². The van der Waals surface area contributed by atoms with Crippen LogP contribution in [0.5, 0.6) is 0 Å². The minimum Gasteiger partial charge on any atom is -0.387 e. The van der Waals surface area contributed by atoms with Gasteiger partial charge in [0.05, 0.1) is 6.10 Å². The number of hydrogen-bond donors (Lipinski definition) is 2. The fourth-order valence-electron chi connectivity index (χ4n) is 2.89. The summed E-state index contributed by atoms with van der Waals surface area (Å²) in [5.41, 5.74) is 2.04. The third-order valence-corrected chi connectivity index (χ3v) is 5.49.